The molecule has 0 atom stereocenters. The Bertz CT molecular complexity index is 1200. The number of aryl methyl sites for hydroxylation is 1. The average Bonchev–Trinajstić information content (AvgIpc) is 2.89. The van der Waals surface area contributed by atoms with Crippen LogP contribution in [0.3, 0.4) is 0 Å². The SMILES string of the molecule is COc1cccc(C(=O)NC(=S)Nc2ccc(N3CCN(C(=O)c4ccc(C)cc4)CC3)cc2)c1. The van der Waals surface area contributed by atoms with Gasteiger partial charge >= 0.3 is 0 Å². The van der Waals surface area contributed by atoms with Crippen molar-refractivity contribution in [2.45, 2.75) is 6.92 Å². The van der Waals surface area contributed by atoms with Crippen molar-refractivity contribution < 1.29 is 14.3 Å². The number of amides is 2. The Morgan fingerprint density at radius 1 is 0.886 bits per heavy atom. The van der Waals surface area contributed by atoms with Gasteiger partial charge < -0.3 is 19.9 Å². The van der Waals surface area contributed by atoms with E-state index in [9.17, 15) is 9.59 Å². The largest absolute Gasteiger partial charge is 0.497 e. The first-order valence-electron chi connectivity index (χ1n) is 11.4. The van der Waals surface area contributed by atoms with E-state index in [1.807, 2.05) is 60.4 Å². The average molecular weight is 489 g/mol. The van der Waals surface area contributed by atoms with Crippen LogP contribution in [0.15, 0.2) is 72.8 Å². The van der Waals surface area contributed by atoms with E-state index in [0.29, 0.717) is 24.4 Å². The smallest absolute Gasteiger partial charge is 0.257 e. The molecule has 2 N–H and O–H groups in total. The number of nitrogens with zero attached hydrogens (tertiary/aromatic N) is 2. The maximum atomic E-state index is 12.8. The molecule has 35 heavy (non-hydrogen) atoms. The zero-order chi connectivity index (χ0) is 24.8. The van der Waals surface area contributed by atoms with Gasteiger partial charge in [-0.25, -0.2) is 0 Å². The van der Waals surface area contributed by atoms with Gasteiger partial charge in [0.2, 0.25) is 0 Å². The Morgan fingerprint density at radius 3 is 2.23 bits per heavy atom. The molecule has 8 heteroatoms. The Morgan fingerprint density at radius 2 is 1.57 bits per heavy atom. The van der Waals surface area contributed by atoms with E-state index in [1.54, 1.807) is 31.4 Å². The molecule has 2 amide bonds. The molecule has 3 aromatic carbocycles. The Labute approximate surface area is 210 Å². The molecule has 1 fully saturated rings. The third kappa shape index (κ3) is 6.16. The van der Waals surface area contributed by atoms with Gasteiger partial charge in [0.15, 0.2) is 5.11 Å². The molecule has 0 spiro atoms. The molecule has 1 aliphatic heterocycles. The zero-order valence-electron chi connectivity index (χ0n) is 19.8. The van der Waals surface area contributed by atoms with E-state index in [4.69, 9.17) is 17.0 Å². The van der Waals surface area contributed by atoms with E-state index >= 15 is 0 Å². The number of benzene rings is 3. The van der Waals surface area contributed by atoms with Crippen LogP contribution in [0.2, 0.25) is 0 Å². The fourth-order valence-corrected chi connectivity index (χ4v) is 4.11. The molecule has 1 heterocycles. The van der Waals surface area contributed by atoms with Crippen molar-refractivity contribution in [3.8, 4) is 5.75 Å². The third-order valence-electron chi connectivity index (χ3n) is 5.91. The molecule has 0 aromatic heterocycles. The van der Waals surface area contributed by atoms with Gasteiger partial charge in [-0.2, -0.15) is 0 Å². The monoisotopic (exact) mass is 488 g/mol. The summed E-state index contributed by atoms with van der Waals surface area (Å²) in [7, 11) is 1.55. The van der Waals surface area contributed by atoms with Crippen molar-refractivity contribution in [3.63, 3.8) is 0 Å². The highest BCUT2D eigenvalue weighted by molar-refractivity contribution is 7.80. The molecular weight excluding hydrogens is 460 g/mol. The number of carbonyl (C=O) groups is 2. The summed E-state index contributed by atoms with van der Waals surface area (Å²) in [5, 5.41) is 5.94. The van der Waals surface area contributed by atoms with Crippen molar-refractivity contribution in [3.05, 3.63) is 89.5 Å². The van der Waals surface area contributed by atoms with E-state index in [2.05, 4.69) is 15.5 Å². The van der Waals surface area contributed by atoms with E-state index in [-0.39, 0.29) is 16.9 Å². The van der Waals surface area contributed by atoms with Gasteiger partial charge in [0.25, 0.3) is 11.8 Å². The highest BCUT2D eigenvalue weighted by atomic mass is 32.1. The molecule has 1 aliphatic rings. The van der Waals surface area contributed by atoms with Crippen LogP contribution in [0.4, 0.5) is 11.4 Å². The van der Waals surface area contributed by atoms with Gasteiger partial charge in [0.1, 0.15) is 5.75 Å². The van der Waals surface area contributed by atoms with Crippen LogP contribution < -0.4 is 20.3 Å². The van der Waals surface area contributed by atoms with E-state index < -0.39 is 0 Å². The summed E-state index contributed by atoms with van der Waals surface area (Å²) in [6.45, 7) is 4.89. The quantitative estimate of drug-likeness (QED) is 0.527. The van der Waals surface area contributed by atoms with Crippen LogP contribution >= 0.6 is 12.2 Å². The molecule has 0 saturated carbocycles. The number of anilines is 2. The minimum absolute atomic E-state index is 0.0775. The highest BCUT2D eigenvalue weighted by Gasteiger charge is 2.22. The van der Waals surface area contributed by atoms with Crippen LogP contribution in [-0.4, -0.2) is 55.1 Å². The molecule has 4 rings (SSSR count). The van der Waals surface area contributed by atoms with Crippen molar-refractivity contribution in [2.75, 3.05) is 43.5 Å². The predicted molar refractivity (Wildman–Crippen MR) is 142 cm³/mol. The standard InChI is InChI=1S/C27H28N4O3S/c1-19-6-8-20(9-7-19)26(33)31-16-14-30(15-17-31)23-12-10-22(11-13-23)28-27(35)29-25(32)21-4-3-5-24(18-21)34-2/h3-13,18H,14-17H2,1-2H3,(H2,28,29,32,35). The Hall–Kier alpha value is -3.91. The summed E-state index contributed by atoms with van der Waals surface area (Å²) in [6.07, 6.45) is 0. The van der Waals surface area contributed by atoms with Crippen molar-refractivity contribution in [1.29, 1.82) is 0 Å². The Kier molecular flexibility index (Phi) is 7.62. The molecule has 1 saturated heterocycles. The minimum atomic E-state index is -0.309. The minimum Gasteiger partial charge on any atom is -0.497 e. The number of rotatable bonds is 5. The maximum absolute atomic E-state index is 12.8. The first-order chi connectivity index (χ1) is 16.9. The van der Waals surface area contributed by atoms with Crippen molar-refractivity contribution in [1.82, 2.24) is 10.2 Å². The number of methoxy groups -OCH3 is 1. The van der Waals surface area contributed by atoms with Crippen LogP contribution in [0.5, 0.6) is 5.75 Å². The van der Waals surface area contributed by atoms with Crippen molar-refractivity contribution in [2.24, 2.45) is 0 Å². The lowest BCUT2D eigenvalue weighted by Gasteiger charge is -2.36. The normalized spacial score (nSPS) is 13.2. The third-order valence-corrected chi connectivity index (χ3v) is 6.12. The molecular formula is C27H28N4O3S. The number of hydrogen-bond acceptors (Lipinski definition) is 5. The number of thiocarbonyl (C=S) groups is 1. The number of hydrogen-bond donors (Lipinski definition) is 2. The topological polar surface area (TPSA) is 73.9 Å². The summed E-state index contributed by atoms with van der Waals surface area (Å²) >= 11 is 5.29. The van der Waals surface area contributed by atoms with Gasteiger partial charge in [-0.1, -0.05) is 23.8 Å². The molecule has 7 nitrogen and oxygen atoms in total. The maximum Gasteiger partial charge on any atom is 0.257 e. The number of nitrogens with one attached hydrogen (secondary N) is 2. The molecule has 0 unspecified atom stereocenters. The van der Waals surface area contributed by atoms with Gasteiger partial charge in [-0.3, -0.25) is 14.9 Å². The van der Waals surface area contributed by atoms with Gasteiger partial charge in [0.05, 0.1) is 7.11 Å². The lowest BCUT2D eigenvalue weighted by molar-refractivity contribution is 0.0746. The Balaban J connectivity index is 1.28. The lowest BCUT2D eigenvalue weighted by atomic mass is 10.1. The number of piperazine rings is 1. The second-order valence-electron chi connectivity index (χ2n) is 8.33. The fourth-order valence-electron chi connectivity index (χ4n) is 3.90. The number of carbonyl (C=O) groups excluding carboxylic acids is 2. The second kappa shape index (κ2) is 11.0. The summed E-state index contributed by atoms with van der Waals surface area (Å²) in [5.41, 5.74) is 4.18. The van der Waals surface area contributed by atoms with Gasteiger partial charge in [-0.05, 0) is 73.7 Å². The van der Waals surface area contributed by atoms with Gasteiger partial charge in [0, 0.05) is 48.7 Å². The molecule has 180 valence electrons. The van der Waals surface area contributed by atoms with E-state index in [1.165, 1.54) is 0 Å². The summed E-state index contributed by atoms with van der Waals surface area (Å²) < 4.78 is 5.16. The zero-order valence-corrected chi connectivity index (χ0v) is 20.6. The van der Waals surface area contributed by atoms with Crippen molar-refractivity contribution >= 4 is 40.5 Å². The van der Waals surface area contributed by atoms with Gasteiger partial charge in [-0.15, -0.1) is 0 Å². The number of ether oxygens (including phenoxy) is 1. The van der Waals surface area contributed by atoms with E-state index in [0.717, 1.165) is 35.6 Å². The fraction of sp³-hybridized carbons (Fsp3) is 0.222. The molecule has 0 aliphatic carbocycles. The second-order valence-corrected chi connectivity index (χ2v) is 8.74. The summed E-state index contributed by atoms with van der Waals surface area (Å²) in [5.74, 6) is 0.372. The first kappa shape index (κ1) is 24.2. The van der Waals surface area contributed by atoms with Crippen LogP contribution in [-0.2, 0) is 0 Å². The summed E-state index contributed by atoms with van der Waals surface area (Å²) in [4.78, 5) is 29.3. The van der Waals surface area contributed by atoms with Crippen LogP contribution in [0.25, 0.3) is 0 Å². The molecule has 0 radical (unpaired) electrons. The molecule has 3 aromatic rings. The highest BCUT2D eigenvalue weighted by Crippen LogP contribution is 2.20. The van der Waals surface area contributed by atoms with Crippen LogP contribution in [0.1, 0.15) is 26.3 Å². The summed E-state index contributed by atoms with van der Waals surface area (Å²) in [6, 6.07) is 22.4. The predicted octanol–water partition coefficient (Wildman–Crippen LogP) is 4.09. The first-order valence-corrected chi connectivity index (χ1v) is 11.8. The lowest BCUT2D eigenvalue weighted by Crippen LogP contribution is -2.48. The molecule has 0 bridgehead atoms. The van der Waals surface area contributed by atoms with Crippen LogP contribution in [0, 0.1) is 6.92 Å².